The molecule has 0 aliphatic heterocycles. The number of hydrogen-bond acceptors (Lipinski definition) is 3. The van der Waals surface area contributed by atoms with Crippen molar-refractivity contribution in [2.24, 2.45) is 0 Å². The van der Waals surface area contributed by atoms with E-state index < -0.39 is 0 Å². The molecule has 0 bridgehead atoms. The first-order chi connectivity index (χ1) is 8.19. The largest absolute Gasteiger partial charge is 0.383 e. The summed E-state index contributed by atoms with van der Waals surface area (Å²) in [5.74, 6) is 0. The highest BCUT2D eigenvalue weighted by atomic mass is 16.5. The van der Waals surface area contributed by atoms with Crippen LogP contribution in [-0.2, 0) is 11.3 Å². The normalized spacial score (nSPS) is 10.6. The monoisotopic (exact) mass is 236 g/mol. The molecule has 0 radical (unpaired) electrons. The van der Waals surface area contributed by atoms with Gasteiger partial charge < -0.3 is 15.0 Å². The molecule has 0 saturated heterocycles. The minimum absolute atomic E-state index is 0.760. The van der Waals surface area contributed by atoms with Crippen LogP contribution in [0.2, 0.25) is 0 Å². The Morgan fingerprint density at radius 2 is 2.12 bits per heavy atom. The first kappa shape index (κ1) is 14.0. The van der Waals surface area contributed by atoms with E-state index in [2.05, 4.69) is 49.3 Å². The Bertz CT molecular complexity index is 339. The van der Waals surface area contributed by atoms with E-state index in [4.69, 9.17) is 4.74 Å². The second kappa shape index (κ2) is 7.30. The van der Waals surface area contributed by atoms with Crippen molar-refractivity contribution in [1.82, 2.24) is 5.32 Å². The van der Waals surface area contributed by atoms with Crippen LogP contribution in [-0.4, -0.2) is 33.9 Å². The van der Waals surface area contributed by atoms with Crippen LogP contribution in [0.4, 0.5) is 5.69 Å². The molecule has 0 unspecified atom stereocenters. The van der Waals surface area contributed by atoms with Gasteiger partial charge in [0.15, 0.2) is 0 Å². The van der Waals surface area contributed by atoms with Crippen LogP contribution < -0.4 is 10.2 Å². The average Bonchev–Trinajstić information content (AvgIpc) is 2.35. The van der Waals surface area contributed by atoms with Gasteiger partial charge in [-0.25, -0.2) is 0 Å². The number of anilines is 1. The van der Waals surface area contributed by atoms with E-state index in [-0.39, 0.29) is 0 Å². The smallest absolute Gasteiger partial charge is 0.0587 e. The van der Waals surface area contributed by atoms with E-state index in [0.29, 0.717) is 0 Å². The Morgan fingerprint density at radius 3 is 2.71 bits per heavy atom. The van der Waals surface area contributed by atoms with Crippen LogP contribution in [0.1, 0.15) is 18.1 Å². The molecular formula is C14H24N2O. The maximum Gasteiger partial charge on any atom is 0.0587 e. The molecule has 0 fully saturated rings. The van der Waals surface area contributed by atoms with Crippen molar-refractivity contribution in [1.29, 1.82) is 0 Å². The van der Waals surface area contributed by atoms with E-state index >= 15 is 0 Å². The molecule has 17 heavy (non-hydrogen) atoms. The molecule has 0 aliphatic rings. The fourth-order valence-corrected chi connectivity index (χ4v) is 1.70. The summed E-state index contributed by atoms with van der Waals surface area (Å²) >= 11 is 0. The number of hydrogen-bond donors (Lipinski definition) is 1. The molecule has 0 heterocycles. The van der Waals surface area contributed by atoms with Gasteiger partial charge >= 0.3 is 0 Å². The van der Waals surface area contributed by atoms with Gasteiger partial charge in [-0.05, 0) is 37.1 Å². The minimum Gasteiger partial charge on any atom is -0.383 e. The molecule has 1 aromatic carbocycles. The predicted octanol–water partition coefficient (Wildman–Crippen LogP) is 2.19. The number of ether oxygens (including phenoxy) is 1. The van der Waals surface area contributed by atoms with Gasteiger partial charge in [0.1, 0.15) is 0 Å². The first-order valence-electron chi connectivity index (χ1n) is 6.19. The molecule has 1 N–H and O–H groups in total. The molecule has 3 nitrogen and oxygen atoms in total. The van der Waals surface area contributed by atoms with Crippen LogP contribution in [0.5, 0.6) is 0 Å². The van der Waals surface area contributed by atoms with Gasteiger partial charge in [-0.15, -0.1) is 0 Å². The van der Waals surface area contributed by atoms with Crippen LogP contribution in [0.15, 0.2) is 18.2 Å². The number of rotatable bonds is 7. The van der Waals surface area contributed by atoms with Crippen molar-refractivity contribution in [2.45, 2.75) is 20.4 Å². The second-order valence-corrected chi connectivity index (χ2v) is 4.29. The summed E-state index contributed by atoms with van der Waals surface area (Å²) in [5, 5.41) is 3.37. The third-order valence-corrected chi connectivity index (χ3v) is 3.04. The van der Waals surface area contributed by atoms with E-state index in [0.717, 1.165) is 26.2 Å². The van der Waals surface area contributed by atoms with Crippen LogP contribution in [0, 0.1) is 6.92 Å². The maximum atomic E-state index is 5.01. The van der Waals surface area contributed by atoms with Gasteiger partial charge in [-0.1, -0.05) is 6.07 Å². The summed E-state index contributed by atoms with van der Waals surface area (Å²) in [6.07, 6.45) is 0. The summed E-state index contributed by atoms with van der Waals surface area (Å²) in [4.78, 5) is 2.25. The molecule has 0 saturated carbocycles. The number of benzene rings is 1. The Balaban J connectivity index is 2.57. The summed E-state index contributed by atoms with van der Waals surface area (Å²) in [5.41, 5.74) is 3.98. The standard InChI is InChI=1S/C14H24N2O/c1-5-16(3)14-7-6-13(12(2)10-14)11-15-8-9-17-4/h6-7,10,15H,5,8-9,11H2,1-4H3. The van der Waals surface area contributed by atoms with E-state index in [1.165, 1.54) is 16.8 Å². The van der Waals surface area contributed by atoms with Crippen LogP contribution >= 0.6 is 0 Å². The van der Waals surface area contributed by atoms with Gasteiger partial charge in [0.05, 0.1) is 6.61 Å². The maximum absolute atomic E-state index is 5.01. The van der Waals surface area contributed by atoms with Crippen LogP contribution in [0.25, 0.3) is 0 Å². The first-order valence-corrected chi connectivity index (χ1v) is 6.19. The van der Waals surface area contributed by atoms with E-state index in [1.54, 1.807) is 7.11 Å². The molecule has 1 rings (SSSR count). The molecule has 0 amide bonds. The molecule has 3 heteroatoms. The zero-order valence-corrected chi connectivity index (χ0v) is 11.4. The minimum atomic E-state index is 0.760. The summed E-state index contributed by atoms with van der Waals surface area (Å²) in [7, 11) is 3.84. The highest BCUT2D eigenvalue weighted by Crippen LogP contribution is 2.17. The van der Waals surface area contributed by atoms with Crippen molar-refractivity contribution in [2.75, 3.05) is 38.8 Å². The van der Waals surface area contributed by atoms with Crippen molar-refractivity contribution >= 4 is 5.69 Å². The highest BCUT2D eigenvalue weighted by Gasteiger charge is 2.02. The van der Waals surface area contributed by atoms with Gasteiger partial charge in [-0.2, -0.15) is 0 Å². The van der Waals surface area contributed by atoms with Crippen molar-refractivity contribution < 1.29 is 4.74 Å². The highest BCUT2D eigenvalue weighted by molar-refractivity contribution is 5.50. The fraction of sp³-hybridized carbons (Fsp3) is 0.571. The zero-order chi connectivity index (χ0) is 12.7. The fourth-order valence-electron chi connectivity index (χ4n) is 1.70. The quantitative estimate of drug-likeness (QED) is 0.734. The van der Waals surface area contributed by atoms with Gasteiger partial charge in [-0.3, -0.25) is 0 Å². The number of nitrogens with one attached hydrogen (secondary N) is 1. The topological polar surface area (TPSA) is 24.5 Å². The van der Waals surface area contributed by atoms with Crippen molar-refractivity contribution in [3.8, 4) is 0 Å². The van der Waals surface area contributed by atoms with E-state index in [1.807, 2.05) is 0 Å². The molecule has 96 valence electrons. The third-order valence-electron chi connectivity index (χ3n) is 3.04. The SMILES string of the molecule is CCN(C)c1ccc(CNCCOC)c(C)c1. The van der Waals surface area contributed by atoms with Gasteiger partial charge in [0.2, 0.25) is 0 Å². The van der Waals surface area contributed by atoms with Crippen LogP contribution in [0.3, 0.4) is 0 Å². The number of aryl methyl sites for hydroxylation is 1. The van der Waals surface area contributed by atoms with Crippen molar-refractivity contribution in [3.63, 3.8) is 0 Å². The summed E-state index contributed by atoms with van der Waals surface area (Å²) < 4.78 is 5.01. The zero-order valence-electron chi connectivity index (χ0n) is 11.4. The lowest BCUT2D eigenvalue weighted by molar-refractivity contribution is 0.199. The summed E-state index contributed by atoms with van der Waals surface area (Å²) in [6, 6.07) is 6.64. The Labute approximate surface area is 105 Å². The lowest BCUT2D eigenvalue weighted by Gasteiger charge is -2.18. The Kier molecular flexibility index (Phi) is 6.01. The molecular weight excluding hydrogens is 212 g/mol. The lowest BCUT2D eigenvalue weighted by atomic mass is 10.1. The molecule has 0 spiro atoms. The molecule has 0 atom stereocenters. The molecule has 1 aromatic rings. The number of methoxy groups -OCH3 is 1. The lowest BCUT2D eigenvalue weighted by Crippen LogP contribution is -2.19. The molecule has 0 aliphatic carbocycles. The van der Waals surface area contributed by atoms with Gasteiger partial charge in [0.25, 0.3) is 0 Å². The molecule has 0 aromatic heterocycles. The summed E-state index contributed by atoms with van der Waals surface area (Å²) in [6.45, 7) is 7.92. The third kappa shape index (κ3) is 4.36. The predicted molar refractivity (Wildman–Crippen MR) is 73.7 cm³/mol. The average molecular weight is 236 g/mol. The Hall–Kier alpha value is -1.06. The van der Waals surface area contributed by atoms with Gasteiger partial charge in [0, 0.05) is 39.5 Å². The number of nitrogens with zero attached hydrogens (tertiary/aromatic N) is 1. The van der Waals surface area contributed by atoms with Crippen molar-refractivity contribution in [3.05, 3.63) is 29.3 Å². The Morgan fingerprint density at radius 1 is 1.35 bits per heavy atom. The van der Waals surface area contributed by atoms with E-state index in [9.17, 15) is 0 Å². The second-order valence-electron chi connectivity index (χ2n) is 4.29.